The van der Waals surface area contributed by atoms with E-state index < -0.39 is 0 Å². The molecule has 78 valence electrons. The summed E-state index contributed by atoms with van der Waals surface area (Å²) in [4.78, 5) is 0. The zero-order valence-electron chi connectivity index (χ0n) is 8.29. The number of rotatable bonds is 3. The molecule has 1 aliphatic heterocycles. The van der Waals surface area contributed by atoms with Crippen molar-refractivity contribution < 1.29 is 4.74 Å². The Hall–Kier alpha value is -1.17. The summed E-state index contributed by atoms with van der Waals surface area (Å²) in [6, 6.07) is 5.72. The van der Waals surface area contributed by atoms with Gasteiger partial charge >= 0.3 is 0 Å². The van der Waals surface area contributed by atoms with Crippen molar-refractivity contribution in [1.29, 1.82) is 0 Å². The van der Waals surface area contributed by atoms with Crippen molar-refractivity contribution in [2.75, 3.05) is 13.1 Å². The molecule has 1 heterocycles. The Labute approximate surface area is 94.6 Å². The Bertz CT molecular complexity index is 397. The van der Waals surface area contributed by atoms with Crippen LogP contribution in [-0.2, 0) is 6.42 Å². The fourth-order valence-electron chi connectivity index (χ4n) is 1.71. The van der Waals surface area contributed by atoms with Gasteiger partial charge in [0.05, 0.1) is 6.54 Å². The van der Waals surface area contributed by atoms with E-state index in [4.69, 9.17) is 22.8 Å². The van der Waals surface area contributed by atoms with Crippen molar-refractivity contribution in [2.24, 2.45) is 0 Å². The lowest BCUT2D eigenvalue weighted by Gasteiger charge is -2.09. The Morgan fingerprint density at radius 1 is 1.60 bits per heavy atom. The van der Waals surface area contributed by atoms with E-state index in [2.05, 4.69) is 11.2 Å². The molecule has 0 saturated heterocycles. The predicted octanol–water partition coefficient (Wildman–Crippen LogP) is 1.87. The van der Waals surface area contributed by atoms with Crippen molar-refractivity contribution in [3.05, 3.63) is 28.8 Å². The average molecular weight is 222 g/mol. The molecular formula is C12H12ClNO. The molecule has 3 heteroatoms. The fraction of sp³-hybridized carbons (Fsp3) is 0.333. The number of ether oxygens (including phenoxy) is 1. The topological polar surface area (TPSA) is 21.3 Å². The van der Waals surface area contributed by atoms with Crippen molar-refractivity contribution in [1.82, 2.24) is 5.32 Å². The molecule has 1 aliphatic rings. The Kier molecular flexibility index (Phi) is 3.15. The molecule has 0 aliphatic carbocycles. The SMILES string of the molecule is C#CCNCC1Cc2cc(Cl)ccc2O1. The molecule has 1 unspecified atom stereocenters. The van der Waals surface area contributed by atoms with Gasteiger partial charge < -0.3 is 10.1 Å². The van der Waals surface area contributed by atoms with Crippen LogP contribution in [0.1, 0.15) is 5.56 Å². The van der Waals surface area contributed by atoms with Gasteiger partial charge in [-0.1, -0.05) is 17.5 Å². The van der Waals surface area contributed by atoms with E-state index in [1.54, 1.807) is 0 Å². The van der Waals surface area contributed by atoms with Gasteiger partial charge in [-0.3, -0.25) is 0 Å². The monoisotopic (exact) mass is 221 g/mol. The van der Waals surface area contributed by atoms with E-state index in [9.17, 15) is 0 Å². The first kappa shape index (κ1) is 10.4. The maximum atomic E-state index is 5.90. The molecule has 0 radical (unpaired) electrons. The van der Waals surface area contributed by atoms with E-state index in [-0.39, 0.29) is 6.10 Å². The maximum absolute atomic E-state index is 5.90. The molecular weight excluding hydrogens is 210 g/mol. The smallest absolute Gasteiger partial charge is 0.123 e. The van der Waals surface area contributed by atoms with Crippen molar-refractivity contribution >= 4 is 11.6 Å². The Balaban J connectivity index is 1.95. The molecule has 2 rings (SSSR count). The third kappa shape index (κ3) is 2.44. The molecule has 1 N–H and O–H groups in total. The van der Waals surface area contributed by atoms with Crippen LogP contribution in [0.4, 0.5) is 0 Å². The number of hydrogen-bond acceptors (Lipinski definition) is 2. The zero-order chi connectivity index (χ0) is 10.7. The quantitative estimate of drug-likeness (QED) is 0.622. The van der Waals surface area contributed by atoms with Crippen molar-refractivity contribution in [3.63, 3.8) is 0 Å². The minimum atomic E-state index is 0.173. The second kappa shape index (κ2) is 4.57. The fourth-order valence-corrected chi connectivity index (χ4v) is 1.90. The molecule has 1 atom stereocenters. The Morgan fingerprint density at radius 2 is 2.47 bits per heavy atom. The van der Waals surface area contributed by atoms with Crippen molar-refractivity contribution in [3.8, 4) is 18.1 Å². The summed E-state index contributed by atoms with van der Waals surface area (Å²) < 4.78 is 5.72. The number of halogens is 1. The average Bonchev–Trinajstić information content (AvgIpc) is 2.60. The van der Waals surface area contributed by atoms with Gasteiger partial charge in [0.25, 0.3) is 0 Å². The molecule has 1 aromatic carbocycles. The standard InChI is InChI=1S/C12H12ClNO/c1-2-5-14-8-11-7-9-6-10(13)3-4-12(9)15-11/h1,3-4,6,11,14H,5,7-8H2. The van der Waals surface area contributed by atoms with Gasteiger partial charge in [-0.25, -0.2) is 0 Å². The number of benzene rings is 1. The summed E-state index contributed by atoms with van der Waals surface area (Å²) in [5, 5.41) is 3.89. The van der Waals surface area contributed by atoms with Crippen molar-refractivity contribution in [2.45, 2.75) is 12.5 Å². The molecule has 0 aromatic heterocycles. The molecule has 0 spiro atoms. The summed E-state index contributed by atoms with van der Waals surface area (Å²) in [6.45, 7) is 1.35. The largest absolute Gasteiger partial charge is 0.488 e. The maximum Gasteiger partial charge on any atom is 0.123 e. The second-order valence-corrected chi connectivity index (χ2v) is 3.97. The van der Waals surface area contributed by atoms with Gasteiger partial charge in [0.1, 0.15) is 11.9 Å². The van der Waals surface area contributed by atoms with E-state index in [0.29, 0.717) is 6.54 Å². The van der Waals surface area contributed by atoms with Gasteiger partial charge in [0.15, 0.2) is 0 Å². The van der Waals surface area contributed by atoms with Gasteiger partial charge in [-0.05, 0) is 23.8 Å². The molecule has 15 heavy (non-hydrogen) atoms. The molecule has 0 saturated carbocycles. The first-order valence-electron chi connectivity index (χ1n) is 4.89. The van der Waals surface area contributed by atoms with Crippen LogP contribution in [0.5, 0.6) is 5.75 Å². The van der Waals surface area contributed by atoms with Crippen LogP contribution in [0.2, 0.25) is 5.02 Å². The number of nitrogens with one attached hydrogen (secondary N) is 1. The minimum Gasteiger partial charge on any atom is -0.488 e. The molecule has 0 bridgehead atoms. The number of terminal acetylenes is 1. The first-order valence-corrected chi connectivity index (χ1v) is 5.26. The highest BCUT2D eigenvalue weighted by Gasteiger charge is 2.22. The third-order valence-corrected chi connectivity index (χ3v) is 2.60. The van der Waals surface area contributed by atoms with E-state index in [0.717, 1.165) is 23.7 Å². The highest BCUT2D eigenvalue weighted by atomic mass is 35.5. The summed E-state index contributed by atoms with van der Waals surface area (Å²) in [5.74, 6) is 3.47. The van der Waals surface area contributed by atoms with Crippen LogP contribution >= 0.6 is 11.6 Å². The normalized spacial score (nSPS) is 18.0. The minimum absolute atomic E-state index is 0.173. The van der Waals surface area contributed by atoms with Gasteiger partial charge in [0, 0.05) is 18.0 Å². The predicted molar refractivity (Wildman–Crippen MR) is 61.3 cm³/mol. The van der Waals surface area contributed by atoms with Gasteiger partial charge in [-0.2, -0.15) is 0 Å². The van der Waals surface area contributed by atoms with Crippen LogP contribution in [0.3, 0.4) is 0 Å². The number of fused-ring (bicyclic) bond motifs is 1. The second-order valence-electron chi connectivity index (χ2n) is 3.53. The first-order chi connectivity index (χ1) is 7.29. The van der Waals surface area contributed by atoms with Crippen LogP contribution < -0.4 is 10.1 Å². The van der Waals surface area contributed by atoms with Crippen LogP contribution in [-0.4, -0.2) is 19.2 Å². The molecule has 0 fully saturated rings. The summed E-state index contributed by atoms with van der Waals surface area (Å²) in [5.41, 5.74) is 1.18. The summed E-state index contributed by atoms with van der Waals surface area (Å²) in [6.07, 6.45) is 6.22. The lowest BCUT2D eigenvalue weighted by atomic mass is 10.1. The summed E-state index contributed by atoms with van der Waals surface area (Å²) >= 11 is 5.90. The van der Waals surface area contributed by atoms with E-state index >= 15 is 0 Å². The van der Waals surface area contributed by atoms with Crippen LogP contribution in [0, 0.1) is 12.3 Å². The molecule has 1 aromatic rings. The highest BCUT2D eigenvalue weighted by Crippen LogP contribution is 2.30. The van der Waals surface area contributed by atoms with Gasteiger partial charge in [0.2, 0.25) is 0 Å². The Morgan fingerprint density at radius 3 is 3.27 bits per heavy atom. The zero-order valence-corrected chi connectivity index (χ0v) is 9.05. The van der Waals surface area contributed by atoms with Crippen LogP contribution in [0.15, 0.2) is 18.2 Å². The highest BCUT2D eigenvalue weighted by molar-refractivity contribution is 6.30. The lowest BCUT2D eigenvalue weighted by molar-refractivity contribution is 0.230. The summed E-state index contributed by atoms with van der Waals surface area (Å²) in [7, 11) is 0. The van der Waals surface area contributed by atoms with E-state index in [1.807, 2.05) is 18.2 Å². The van der Waals surface area contributed by atoms with E-state index in [1.165, 1.54) is 5.56 Å². The van der Waals surface area contributed by atoms with Crippen LogP contribution in [0.25, 0.3) is 0 Å². The lowest BCUT2D eigenvalue weighted by Crippen LogP contribution is -2.30. The van der Waals surface area contributed by atoms with Gasteiger partial charge in [-0.15, -0.1) is 6.42 Å². The molecule has 2 nitrogen and oxygen atoms in total. The number of hydrogen-bond donors (Lipinski definition) is 1. The third-order valence-electron chi connectivity index (χ3n) is 2.36. The molecule has 0 amide bonds.